The lowest BCUT2D eigenvalue weighted by molar-refractivity contribution is -0.130. The molecule has 0 aromatic carbocycles. The second kappa shape index (κ2) is 10.2. The van der Waals surface area contributed by atoms with Gasteiger partial charge in [-0.2, -0.15) is 0 Å². The summed E-state index contributed by atoms with van der Waals surface area (Å²) in [6.45, 7) is 7.96. The van der Waals surface area contributed by atoms with Crippen LogP contribution in [0.5, 0.6) is 0 Å². The van der Waals surface area contributed by atoms with Crippen molar-refractivity contribution in [1.29, 1.82) is 0 Å². The summed E-state index contributed by atoms with van der Waals surface area (Å²) in [5.41, 5.74) is 0. The van der Waals surface area contributed by atoms with E-state index < -0.39 is 0 Å². The van der Waals surface area contributed by atoms with Crippen molar-refractivity contribution in [3.63, 3.8) is 0 Å². The Hall–Kier alpha value is -1.85. The van der Waals surface area contributed by atoms with Crippen LogP contribution in [-0.4, -0.2) is 54.0 Å². The minimum absolute atomic E-state index is 0.280. The Labute approximate surface area is 152 Å². The molecule has 0 saturated carbocycles. The largest absolute Gasteiger partial charge is 0.370 e. The molecule has 0 spiro atoms. The highest BCUT2D eigenvalue weighted by Gasteiger charge is 2.22. The molecule has 1 aliphatic heterocycles. The van der Waals surface area contributed by atoms with Gasteiger partial charge < -0.3 is 15.1 Å². The molecule has 1 saturated heterocycles. The average molecular weight is 348 g/mol. The number of piperidine rings is 1. The Morgan fingerprint density at radius 1 is 1.40 bits per heavy atom. The molecule has 6 nitrogen and oxygen atoms in total. The van der Waals surface area contributed by atoms with E-state index in [2.05, 4.69) is 34.0 Å². The van der Waals surface area contributed by atoms with Gasteiger partial charge in [-0.25, -0.2) is 9.97 Å². The van der Waals surface area contributed by atoms with Gasteiger partial charge in [-0.3, -0.25) is 4.79 Å². The van der Waals surface area contributed by atoms with Crippen molar-refractivity contribution in [2.75, 3.05) is 43.4 Å². The molecular weight excluding hydrogens is 314 g/mol. The molecule has 1 aromatic heterocycles. The van der Waals surface area contributed by atoms with Gasteiger partial charge in [-0.15, -0.1) is 0 Å². The van der Waals surface area contributed by atoms with Gasteiger partial charge in [-0.1, -0.05) is 13.3 Å². The quantitative estimate of drug-likeness (QED) is 0.743. The fraction of sp³-hybridized carbons (Fsp3) is 0.737. The molecule has 6 heteroatoms. The molecule has 0 bridgehead atoms. The zero-order chi connectivity index (χ0) is 18.1. The van der Waals surface area contributed by atoms with Crippen LogP contribution in [0, 0.1) is 5.92 Å². The molecule has 1 amide bonds. The van der Waals surface area contributed by atoms with Gasteiger partial charge in [0.2, 0.25) is 5.91 Å². The minimum Gasteiger partial charge on any atom is -0.370 e. The Balaban J connectivity index is 1.84. The maximum absolute atomic E-state index is 12.2. The zero-order valence-electron chi connectivity index (χ0n) is 16.0. The first-order chi connectivity index (χ1) is 12.1. The number of anilines is 2. The van der Waals surface area contributed by atoms with Crippen LogP contribution >= 0.6 is 0 Å². The van der Waals surface area contributed by atoms with Crippen LogP contribution in [-0.2, 0) is 4.79 Å². The molecule has 1 atom stereocenters. The zero-order valence-corrected chi connectivity index (χ0v) is 16.0. The highest BCUT2D eigenvalue weighted by molar-refractivity contribution is 5.75. The van der Waals surface area contributed by atoms with Crippen LogP contribution in [0.15, 0.2) is 12.4 Å². The van der Waals surface area contributed by atoms with Gasteiger partial charge in [0.25, 0.3) is 0 Å². The molecule has 2 heterocycles. The van der Waals surface area contributed by atoms with E-state index in [9.17, 15) is 4.79 Å². The third-order valence-electron chi connectivity index (χ3n) is 4.89. The summed E-state index contributed by atoms with van der Waals surface area (Å²) in [6.07, 6.45) is 7.83. The predicted octanol–water partition coefficient (Wildman–Crippen LogP) is 3.16. The smallest absolute Gasteiger partial charge is 0.222 e. The lowest BCUT2D eigenvalue weighted by atomic mass is 9.93. The third-order valence-corrected chi connectivity index (χ3v) is 4.89. The van der Waals surface area contributed by atoms with Crippen LogP contribution in [0.2, 0.25) is 0 Å². The summed E-state index contributed by atoms with van der Waals surface area (Å²) < 4.78 is 0. The van der Waals surface area contributed by atoms with Gasteiger partial charge >= 0.3 is 0 Å². The second-order valence-electron chi connectivity index (χ2n) is 6.95. The number of carbonyl (C=O) groups is 1. The Bertz CT molecular complexity index is 536. The third kappa shape index (κ3) is 6.18. The topological polar surface area (TPSA) is 61.4 Å². The highest BCUT2D eigenvalue weighted by atomic mass is 16.2. The number of amides is 1. The Morgan fingerprint density at radius 3 is 3.00 bits per heavy atom. The summed E-state index contributed by atoms with van der Waals surface area (Å²) in [5, 5.41) is 3.24. The number of unbranched alkanes of at least 4 members (excludes halogenated alkanes) is 1. The number of aromatic nitrogens is 2. The van der Waals surface area contributed by atoms with Crippen molar-refractivity contribution in [1.82, 2.24) is 14.9 Å². The summed E-state index contributed by atoms with van der Waals surface area (Å²) >= 11 is 0. The lowest BCUT2D eigenvalue weighted by Gasteiger charge is -2.33. The molecule has 0 aliphatic carbocycles. The molecule has 0 unspecified atom stereocenters. The molecule has 1 aliphatic rings. The molecule has 140 valence electrons. The fourth-order valence-electron chi connectivity index (χ4n) is 3.34. The van der Waals surface area contributed by atoms with E-state index in [1.54, 1.807) is 6.33 Å². The van der Waals surface area contributed by atoms with Gasteiger partial charge in [0.05, 0.1) is 0 Å². The monoisotopic (exact) mass is 347 g/mol. The molecule has 25 heavy (non-hydrogen) atoms. The van der Waals surface area contributed by atoms with E-state index in [1.807, 2.05) is 18.0 Å². The van der Waals surface area contributed by atoms with Gasteiger partial charge in [-0.05, 0) is 38.5 Å². The van der Waals surface area contributed by atoms with Crippen molar-refractivity contribution in [2.24, 2.45) is 5.92 Å². The van der Waals surface area contributed by atoms with Crippen molar-refractivity contribution in [3.05, 3.63) is 12.4 Å². The van der Waals surface area contributed by atoms with Crippen LogP contribution < -0.4 is 10.2 Å². The number of nitrogens with one attached hydrogen (secondary N) is 1. The van der Waals surface area contributed by atoms with Crippen LogP contribution in [0.25, 0.3) is 0 Å². The molecule has 0 radical (unpaired) electrons. The first-order valence-corrected chi connectivity index (χ1v) is 9.68. The fourth-order valence-corrected chi connectivity index (χ4v) is 3.34. The molecule has 2 rings (SSSR count). The molecular formula is C19H33N5O. The summed E-state index contributed by atoms with van der Waals surface area (Å²) in [4.78, 5) is 25.1. The standard InChI is InChI=1S/C19H33N5O/c1-4-6-11-23(3)19(25)10-9-16-8-7-12-24(14-16)18-13-17(20-5-2)21-15-22-18/h13,15-16H,4-12,14H2,1-3H3,(H,20,21,22)/t16-/m0/s1. The van der Waals surface area contributed by atoms with E-state index in [0.717, 1.165) is 63.5 Å². The van der Waals surface area contributed by atoms with Gasteiger partial charge in [0.1, 0.15) is 18.0 Å². The van der Waals surface area contributed by atoms with Crippen LogP contribution in [0.4, 0.5) is 11.6 Å². The van der Waals surface area contributed by atoms with E-state index in [4.69, 9.17) is 0 Å². The van der Waals surface area contributed by atoms with Crippen LogP contribution in [0.3, 0.4) is 0 Å². The van der Waals surface area contributed by atoms with E-state index in [-0.39, 0.29) is 5.91 Å². The van der Waals surface area contributed by atoms with E-state index in [0.29, 0.717) is 12.3 Å². The SMILES string of the molecule is CCCCN(C)C(=O)CC[C@@H]1CCCN(c2cc(NCC)ncn2)C1. The summed E-state index contributed by atoms with van der Waals surface area (Å²) in [6, 6.07) is 2.02. The number of carbonyl (C=O) groups excluding carboxylic acids is 1. The molecule has 1 aromatic rings. The molecule has 1 N–H and O–H groups in total. The van der Waals surface area contributed by atoms with Crippen molar-refractivity contribution >= 4 is 17.5 Å². The summed E-state index contributed by atoms with van der Waals surface area (Å²) in [7, 11) is 1.92. The summed E-state index contributed by atoms with van der Waals surface area (Å²) in [5.74, 6) is 2.71. The average Bonchev–Trinajstić information content (AvgIpc) is 2.65. The first-order valence-electron chi connectivity index (χ1n) is 9.68. The number of nitrogens with zero attached hydrogens (tertiary/aromatic N) is 4. The molecule has 1 fully saturated rings. The minimum atomic E-state index is 0.280. The van der Waals surface area contributed by atoms with Crippen LogP contribution in [0.1, 0.15) is 52.4 Å². The van der Waals surface area contributed by atoms with Crippen molar-refractivity contribution in [3.8, 4) is 0 Å². The maximum Gasteiger partial charge on any atom is 0.222 e. The van der Waals surface area contributed by atoms with Crippen molar-refractivity contribution < 1.29 is 4.79 Å². The lowest BCUT2D eigenvalue weighted by Crippen LogP contribution is -2.37. The Kier molecular flexibility index (Phi) is 7.95. The normalized spacial score (nSPS) is 17.4. The Morgan fingerprint density at radius 2 is 2.24 bits per heavy atom. The van der Waals surface area contributed by atoms with Gasteiger partial charge in [0.15, 0.2) is 0 Å². The van der Waals surface area contributed by atoms with E-state index >= 15 is 0 Å². The number of rotatable bonds is 9. The van der Waals surface area contributed by atoms with Crippen molar-refractivity contribution in [2.45, 2.75) is 52.4 Å². The number of hydrogen-bond donors (Lipinski definition) is 1. The highest BCUT2D eigenvalue weighted by Crippen LogP contribution is 2.25. The predicted molar refractivity (Wildman–Crippen MR) is 103 cm³/mol. The first kappa shape index (κ1) is 19.5. The second-order valence-corrected chi connectivity index (χ2v) is 6.95. The van der Waals surface area contributed by atoms with E-state index in [1.165, 1.54) is 6.42 Å². The number of hydrogen-bond acceptors (Lipinski definition) is 5. The van der Waals surface area contributed by atoms with Gasteiger partial charge in [0, 0.05) is 45.7 Å². The maximum atomic E-state index is 12.2.